The summed E-state index contributed by atoms with van der Waals surface area (Å²) in [4.78, 5) is 9.85. The zero-order chi connectivity index (χ0) is 12.8. The van der Waals surface area contributed by atoms with E-state index < -0.39 is 0 Å². The van der Waals surface area contributed by atoms with Crippen LogP contribution in [0.1, 0.15) is 13.3 Å². The predicted octanol–water partition coefficient (Wildman–Crippen LogP) is 4.21. The predicted molar refractivity (Wildman–Crippen MR) is 79.1 cm³/mol. The molecule has 0 unspecified atom stereocenters. The number of rotatable bonds is 5. The van der Waals surface area contributed by atoms with E-state index in [4.69, 9.17) is 0 Å². The Morgan fingerprint density at radius 2 is 2.22 bits per heavy atom. The third-order valence-corrected chi connectivity index (χ3v) is 3.58. The molecule has 0 spiro atoms. The summed E-state index contributed by atoms with van der Waals surface area (Å²) in [6, 6.07) is 8.15. The summed E-state index contributed by atoms with van der Waals surface area (Å²) in [5.74, 6) is 0.830. The zero-order valence-corrected chi connectivity index (χ0v) is 12.5. The molecular weight excluding hydrogens is 310 g/mol. The van der Waals surface area contributed by atoms with Crippen molar-refractivity contribution in [2.24, 2.45) is 0 Å². The van der Waals surface area contributed by atoms with E-state index in [9.17, 15) is 0 Å². The van der Waals surface area contributed by atoms with E-state index in [2.05, 4.69) is 50.3 Å². The van der Waals surface area contributed by atoms with Gasteiger partial charge in [0, 0.05) is 15.9 Å². The van der Waals surface area contributed by atoms with E-state index in [0.717, 1.165) is 33.2 Å². The van der Waals surface area contributed by atoms with Crippen molar-refractivity contribution >= 4 is 33.5 Å². The van der Waals surface area contributed by atoms with Crippen LogP contribution in [0.2, 0.25) is 0 Å². The van der Waals surface area contributed by atoms with Crippen molar-refractivity contribution in [3.8, 4) is 0 Å². The summed E-state index contributed by atoms with van der Waals surface area (Å²) >= 11 is 5.07. The maximum atomic E-state index is 4.51. The van der Waals surface area contributed by atoms with E-state index in [1.807, 2.05) is 12.1 Å². The van der Waals surface area contributed by atoms with Gasteiger partial charge < -0.3 is 5.32 Å². The van der Waals surface area contributed by atoms with Gasteiger partial charge in [-0.2, -0.15) is 0 Å². The minimum absolute atomic E-state index is 0.830. The zero-order valence-electron chi connectivity index (χ0n) is 10.1. The van der Waals surface area contributed by atoms with Crippen molar-refractivity contribution in [1.82, 2.24) is 9.97 Å². The van der Waals surface area contributed by atoms with Crippen molar-refractivity contribution in [2.75, 3.05) is 11.9 Å². The quantitative estimate of drug-likeness (QED) is 0.894. The molecule has 2 aromatic rings. The van der Waals surface area contributed by atoms with E-state index in [1.54, 1.807) is 24.2 Å². The molecule has 1 aromatic carbocycles. The lowest BCUT2D eigenvalue weighted by Crippen LogP contribution is -2.02. The second kappa shape index (κ2) is 6.75. The molecule has 3 nitrogen and oxygen atoms in total. The van der Waals surface area contributed by atoms with Crippen molar-refractivity contribution in [3.05, 3.63) is 41.1 Å². The average molecular weight is 324 g/mol. The molecule has 0 radical (unpaired) electrons. The van der Waals surface area contributed by atoms with Gasteiger partial charge in [-0.1, -0.05) is 40.7 Å². The number of benzene rings is 1. The largest absolute Gasteiger partial charge is 0.369 e. The second-order valence-electron chi connectivity index (χ2n) is 3.73. The average Bonchev–Trinajstić information content (AvgIpc) is 2.37. The molecule has 5 heteroatoms. The smallest absolute Gasteiger partial charge is 0.145 e. The first-order valence-electron chi connectivity index (χ1n) is 5.77. The van der Waals surface area contributed by atoms with Crippen molar-refractivity contribution in [2.45, 2.75) is 23.3 Å². The van der Waals surface area contributed by atoms with Gasteiger partial charge in [-0.25, -0.2) is 4.98 Å². The van der Waals surface area contributed by atoms with E-state index in [-0.39, 0.29) is 0 Å². The lowest BCUT2D eigenvalue weighted by molar-refractivity contribution is 0.948. The molecular formula is C13H14BrN3S. The number of halogens is 1. The van der Waals surface area contributed by atoms with Gasteiger partial charge in [0.2, 0.25) is 0 Å². The highest BCUT2D eigenvalue weighted by atomic mass is 79.9. The Kier molecular flexibility index (Phi) is 5.01. The van der Waals surface area contributed by atoms with Gasteiger partial charge in [0.05, 0.1) is 12.4 Å². The van der Waals surface area contributed by atoms with Crippen LogP contribution in [-0.4, -0.2) is 16.5 Å². The Labute approximate surface area is 120 Å². The molecule has 1 aromatic heterocycles. The molecule has 94 valence electrons. The monoisotopic (exact) mass is 323 g/mol. The highest BCUT2D eigenvalue weighted by Crippen LogP contribution is 2.28. The molecule has 0 bridgehead atoms. The van der Waals surface area contributed by atoms with Crippen LogP contribution in [0.15, 0.2) is 51.1 Å². The number of nitrogens with zero attached hydrogens (tertiary/aromatic N) is 2. The van der Waals surface area contributed by atoms with Crippen LogP contribution in [0.4, 0.5) is 5.82 Å². The van der Waals surface area contributed by atoms with Crippen LogP contribution >= 0.6 is 27.7 Å². The highest BCUT2D eigenvalue weighted by molar-refractivity contribution is 9.10. The topological polar surface area (TPSA) is 37.8 Å². The molecule has 1 heterocycles. The molecule has 0 fully saturated rings. The Hall–Kier alpha value is -1.07. The van der Waals surface area contributed by atoms with Gasteiger partial charge in [0.25, 0.3) is 0 Å². The first-order valence-corrected chi connectivity index (χ1v) is 7.38. The minimum Gasteiger partial charge on any atom is -0.369 e. The van der Waals surface area contributed by atoms with Crippen LogP contribution in [0.25, 0.3) is 0 Å². The molecule has 1 N–H and O–H groups in total. The van der Waals surface area contributed by atoms with Crippen LogP contribution in [0, 0.1) is 0 Å². The van der Waals surface area contributed by atoms with E-state index >= 15 is 0 Å². The van der Waals surface area contributed by atoms with Crippen molar-refractivity contribution < 1.29 is 0 Å². The standard InChI is InChI=1S/C13H14BrN3S/c1-2-6-16-12-8-15-9-13(17-12)18-11-5-3-4-10(14)7-11/h3-5,7-9H,2,6H2,1H3,(H,16,17). The van der Waals surface area contributed by atoms with E-state index in [1.165, 1.54) is 0 Å². The number of hydrogen-bond acceptors (Lipinski definition) is 4. The van der Waals surface area contributed by atoms with Gasteiger partial charge in [-0.05, 0) is 24.6 Å². The lowest BCUT2D eigenvalue weighted by Gasteiger charge is -2.05. The van der Waals surface area contributed by atoms with Crippen LogP contribution in [0.5, 0.6) is 0 Å². The second-order valence-corrected chi connectivity index (χ2v) is 5.74. The third kappa shape index (κ3) is 3.99. The van der Waals surface area contributed by atoms with Gasteiger partial charge in [-0.3, -0.25) is 4.98 Å². The van der Waals surface area contributed by atoms with Crippen LogP contribution < -0.4 is 5.32 Å². The van der Waals surface area contributed by atoms with Gasteiger partial charge in [0.15, 0.2) is 0 Å². The lowest BCUT2D eigenvalue weighted by atomic mass is 10.4. The molecule has 0 amide bonds. The first kappa shape index (κ1) is 13.4. The fourth-order valence-electron chi connectivity index (χ4n) is 1.39. The maximum Gasteiger partial charge on any atom is 0.145 e. The van der Waals surface area contributed by atoms with Gasteiger partial charge in [0.1, 0.15) is 10.8 Å². The fraction of sp³-hybridized carbons (Fsp3) is 0.231. The highest BCUT2D eigenvalue weighted by Gasteiger charge is 2.01. The molecule has 0 aliphatic carbocycles. The number of aromatic nitrogens is 2. The summed E-state index contributed by atoms with van der Waals surface area (Å²) in [7, 11) is 0. The molecule has 2 rings (SSSR count). The Morgan fingerprint density at radius 3 is 3.00 bits per heavy atom. The molecule has 0 saturated heterocycles. The number of hydrogen-bond donors (Lipinski definition) is 1. The Bertz CT molecular complexity index is 519. The summed E-state index contributed by atoms with van der Waals surface area (Å²) in [6.45, 7) is 3.04. The SMILES string of the molecule is CCCNc1cncc(Sc2cccc(Br)c2)n1. The molecule has 0 aliphatic rings. The summed E-state index contributed by atoms with van der Waals surface area (Å²) < 4.78 is 1.07. The Morgan fingerprint density at radius 1 is 1.33 bits per heavy atom. The van der Waals surface area contributed by atoms with Gasteiger partial charge >= 0.3 is 0 Å². The normalized spacial score (nSPS) is 10.3. The summed E-state index contributed by atoms with van der Waals surface area (Å²) in [6.07, 6.45) is 4.61. The maximum absolute atomic E-state index is 4.51. The number of nitrogens with one attached hydrogen (secondary N) is 1. The van der Waals surface area contributed by atoms with Crippen molar-refractivity contribution in [1.29, 1.82) is 0 Å². The molecule has 18 heavy (non-hydrogen) atoms. The van der Waals surface area contributed by atoms with Crippen molar-refractivity contribution in [3.63, 3.8) is 0 Å². The Balaban J connectivity index is 2.09. The van der Waals surface area contributed by atoms with Gasteiger partial charge in [-0.15, -0.1) is 0 Å². The fourth-order valence-corrected chi connectivity index (χ4v) is 2.77. The van der Waals surface area contributed by atoms with E-state index in [0.29, 0.717) is 0 Å². The number of anilines is 1. The summed E-state index contributed by atoms with van der Waals surface area (Å²) in [5.41, 5.74) is 0. The molecule has 0 aliphatic heterocycles. The van der Waals surface area contributed by atoms with Crippen LogP contribution in [0.3, 0.4) is 0 Å². The third-order valence-electron chi connectivity index (χ3n) is 2.19. The first-order chi connectivity index (χ1) is 8.78. The molecule has 0 saturated carbocycles. The minimum atomic E-state index is 0.830. The summed E-state index contributed by atoms with van der Waals surface area (Å²) in [5, 5.41) is 4.13. The van der Waals surface area contributed by atoms with Crippen LogP contribution in [-0.2, 0) is 0 Å². The molecule has 0 atom stereocenters.